The van der Waals surface area contributed by atoms with Crippen molar-refractivity contribution >= 4 is 11.8 Å². The molecule has 1 saturated heterocycles. The van der Waals surface area contributed by atoms with Crippen LogP contribution in [0.15, 0.2) is 24.3 Å². The van der Waals surface area contributed by atoms with Gasteiger partial charge >= 0.3 is 0 Å². The average molecular weight is 304 g/mol. The number of benzene rings is 1. The van der Waals surface area contributed by atoms with Gasteiger partial charge in [0.1, 0.15) is 12.2 Å². The van der Waals surface area contributed by atoms with Gasteiger partial charge in [0.2, 0.25) is 11.8 Å². The second-order valence-corrected chi connectivity index (χ2v) is 5.89. The maximum Gasteiger partial charge on any atom is 0.232 e. The molecule has 1 aliphatic heterocycles. The summed E-state index contributed by atoms with van der Waals surface area (Å²) in [7, 11) is 1.61. The number of hydrogen-bond acceptors (Lipinski definition) is 3. The third-order valence-electron chi connectivity index (χ3n) is 3.97. The molecule has 0 aromatic heterocycles. The number of methoxy groups -OCH3 is 1. The molecular weight excluding hydrogens is 280 g/mol. The van der Waals surface area contributed by atoms with Crippen molar-refractivity contribution in [3.8, 4) is 5.75 Å². The first-order valence-corrected chi connectivity index (χ1v) is 7.76. The van der Waals surface area contributed by atoms with Crippen molar-refractivity contribution in [2.24, 2.45) is 5.92 Å². The molecule has 0 bridgehead atoms. The van der Waals surface area contributed by atoms with Gasteiger partial charge in [-0.1, -0.05) is 19.1 Å². The van der Waals surface area contributed by atoms with Crippen molar-refractivity contribution in [1.29, 1.82) is 0 Å². The van der Waals surface area contributed by atoms with Crippen LogP contribution < -0.4 is 10.1 Å². The van der Waals surface area contributed by atoms with Crippen molar-refractivity contribution in [3.63, 3.8) is 0 Å². The lowest BCUT2D eigenvalue weighted by molar-refractivity contribution is -0.137. The van der Waals surface area contributed by atoms with Crippen LogP contribution in [0.2, 0.25) is 0 Å². The van der Waals surface area contributed by atoms with E-state index in [0.29, 0.717) is 12.5 Å². The van der Waals surface area contributed by atoms with Gasteiger partial charge in [-0.25, -0.2) is 0 Å². The van der Waals surface area contributed by atoms with E-state index in [1.807, 2.05) is 24.3 Å². The first kappa shape index (κ1) is 16.3. The standard InChI is InChI=1S/C17H24N2O3/c1-13-4-3-9-19(12-13)17(21)10-16(20)18-11-14-5-7-15(22-2)8-6-14/h5-8,13H,3-4,9-12H2,1-2H3,(H,18,20). The minimum atomic E-state index is -0.223. The van der Waals surface area contributed by atoms with Gasteiger partial charge in [-0.05, 0) is 36.5 Å². The molecule has 1 N–H and O–H groups in total. The summed E-state index contributed by atoms with van der Waals surface area (Å²) in [5.74, 6) is 1.02. The molecule has 5 heteroatoms. The topological polar surface area (TPSA) is 58.6 Å². The van der Waals surface area contributed by atoms with Crippen molar-refractivity contribution < 1.29 is 14.3 Å². The van der Waals surface area contributed by atoms with Gasteiger partial charge < -0.3 is 15.0 Å². The molecule has 1 unspecified atom stereocenters. The fourth-order valence-electron chi connectivity index (χ4n) is 2.67. The summed E-state index contributed by atoms with van der Waals surface area (Å²) >= 11 is 0. The Kier molecular flexibility index (Phi) is 5.81. The molecule has 5 nitrogen and oxygen atoms in total. The van der Waals surface area contributed by atoms with Crippen LogP contribution in [-0.2, 0) is 16.1 Å². The predicted octanol–water partition coefficient (Wildman–Crippen LogP) is 1.96. The lowest BCUT2D eigenvalue weighted by Gasteiger charge is -2.30. The Balaban J connectivity index is 1.76. The van der Waals surface area contributed by atoms with Crippen LogP contribution in [0, 0.1) is 5.92 Å². The molecule has 0 aliphatic carbocycles. The van der Waals surface area contributed by atoms with Crippen LogP contribution in [-0.4, -0.2) is 36.9 Å². The Bertz CT molecular complexity index is 513. The van der Waals surface area contributed by atoms with E-state index < -0.39 is 0 Å². The minimum absolute atomic E-state index is 0.0666. The molecule has 2 amide bonds. The summed E-state index contributed by atoms with van der Waals surface area (Å²) in [5, 5.41) is 2.79. The van der Waals surface area contributed by atoms with Gasteiger partial charge in [-0.3, -0.25) is 9.59 Å². The van der Waals surface area contributed by atoms with Crippen LogP contribution in [0.4, 0.5) is 0 Å². The molecule has 1 aliphatic rings. The average Bonchev–Trinajstić information content (AvgIpc) is 2.53. The predicted molar refractivity (Wildman–Crippen MR) is 84.4 cm³/mol. The third-order valence-corrected chi connectivity index (χ3v) is 3.97. The Morgan fingerprint density at radius 3 is 2.68 bits per heavy atom. The van der Waals surface area contributed by atoms with Crippen molar-refractivity contribution in [3.05, 3.63) is 29.8 Å². The number of nitrogens with zero attached hydrogens (tertiary/aromatic N) is 1. The van der Waals surface area contributed by atoms with Crippen LogP contribution in [0.1, 0.15) is 31.7 Å². The Labute approximate surface area is 131 Å². The fourth-order valence-corrected chi connectivity index (χ4v) is 2.67. The molecule has 1 heterocycles. The highest BCUT2D eigenvalue weighted by Crippen LogP contribution is 2.16. The number of hydrogen-bond donors (Lipinski definition) is 1. The Morgan fingerprint density at radius 1 is 1.32 bits per heavy atom. The van der Waals surface area contributed by atoms with E-state index in [9.17, 15) is 9.59 Å². The zero-order valence-corrected chi connectivity index (χ0v) is 13.3. The van der Waals surface area contributed by atoms with Gasteiger partial charge in [-0.15, -0.1) is 0 Å². The second kappa shape index (κ2) is 7.82. The molecule has 1 aromatic carbocycles. The van der Waals surface area contributed by atoms with E-state index in [1.165, 1.54) is 0 Å². The SMILES string of the molecule is COc1ccc(CNC(=O)CC(=O)N2CCCC(C)C2)cc1. The van der Waals surface area contributed by atoms with E-state index in [1.54, 1.807) is 12.0 Å². The maximum atomic E-state index is 12.1. The van der Waals surface area contributed by atoms with Gasteiger partial charge in [0.15, 0.2) is 0 Å². The first-order chi connectivity index (χ1) is 10.6. The normalized spacial score (nSPS) is 17.9. The van der Waals surface area contributed by atoms with Crippen molar-refractivity contribution in [1.82, 2.24) is 10.2 Å². The molecule has 120 valence electrons. The lowest BCUT2D eigenvalue weighted by Crippen LogP contribution is -2.41. The number of amides is 2. The molecule has 1 atom stereocenters. The molecule has 1 fully saturated rings. The highest BCUT2D eigenvalue weighted by Gasteiger charge is 2.22. The molecule has 1 aromatic rings. The van der Waals surface area contributed by atoms with E-state index >= 15 is 0 Å². The molecule has 0 spiro atoms. The quantitative estimate of drug-likeness (QED) is 0.846. The number of carbonyl (C=O) groups excluding carboxylic acids is 2. The molecular formula is C17H24N2O3. The second-order valence-electron chi connectivity index (χ2n) is 5.89. The summed E-state index contributed by atoms with van der Waals surface area (Å²) in [5.41, 5.74) is 0.980. The number of piperidine rings is 1. The van der Waals surface area contributed by atoms with Crippen LogP contribution in [0.25, 0.3) is 0 Å². The number of rotatable bonds is 5. The van der Waals surface area contributed by atoms with Gasteiger partial charge in [0.25, 0.3) is 0 Å². The smallest absolute Gasteiger partial charge is 0.232 e. The summed E-state index contributed by atoms with van der Waals surface area (Å²) in [6.45, 7) is 4.11. The molecule has 0 radical (unpaired) electrons. The van der Waals surface area contributed by atoms with Crippen molar-refractivity contribution in [2.75, 3.05) is 20.2 Å². The maximum absolute atomic E-state index is 12.1. The highest BCUT2D eigenvalue weighted by atomic mass is 16.5. The minimum Gasteiger partial charge on any atom is -0.497 e. The van der Waals surface area contributed by atoms with Crippen LogP contribution in [0.3, 0.4) is 0 Å². The summed E-state index contributed by atoms with van der Waals surface area (Å²) in [6.07, 6.45) is 2.12. The highest BCUT2D eigenvalue weighted by molar-refractivity contribution is 5.96. The van der Waals surface area contributed by atoms with Gasteiger partial charge in [0.05, 0.1) is 7.11 Å². The largest absolute Gasteiger partial charge is 0.497 e. The summed E-state index contributed by atoms with van der Waals surface area (Å²) in [4.78, 5) is 25.8. The lowest BCUT2D eigenvalue weighted by atomic mass is 10.00. The monoisotopic (exact) mass is 304 g/mol. The summed E-state index contributed by atoms with van der Waals surface area (Å²) in [6, 6.07) is 7.49. The number of carbonyl (C=O) groups is 2. The molecule has 22 heavy (non-hydrogen) atoms. The fraction of sp³-hybridized carbons (Fsp3) is 0.529. The zero-order valence-electron chi connectivity index (χ0n) is 13.3. The van der Waals surface area contributed by atoms with Gasteiger partial charge in [0, 0.05) is 19.6 Å². The van der Waals surface area contributed by atoms with Gasteiger partial charge in [-0.2, -0.15) is 0 Å². The Hall–Kier alpha value is -2.04. The van der Waals surface area contributed by atoms with Crippen LogP contribution >= 0.6 is 0 Å². The van der Waals surface area contributed by atoms with E-state index in [-0.39, 0.29) is 18.2 Å². The molecule has 2 rings (SSSR count). The zero-order chi connectivity index (χ0) is 15.9. The number of ether oxygens (including phenoxy) is 1. The summed E-state index contributed by atoms with van der Waals surface area (Å²) < 4.78 is 5.09. The molecule has 0 saturated carbocycles. The first-order valence-electron chi connectivity index (χ1n) is 7.76. The number of likely N-dealkylation sites (tertiary alicyclic amines) is 1. The number of nitrogens with one attached hydrogen (secondary N) is 1. The van der Waals surface area contributed by atoms with E-state index in [4.69, 9.17) is 4.74 Å². The van der Waals surface area contributed by atoms with Crippen molar-refractivity contribution in [2.45, 2.75) is 32.7 Å². The third kappa shape index (κ3) is 4.76. The van der Waals surface area contributed by atoms with Crippen LogP contribution in [0.5, 0.6) is 5.75 Å². The Morgan fingerprint density at radius 2 is 2.05 bits per heavy atom. The van der Waals surface area contributed by atoms with E-state index in [0.717, 1.165) is 37.2 Å². The van der Waals surface area contributed by atoms with E-state index in [2.05, 4.69) is 12.2 Å².